The van der Waals surface area contributed by atoms with Crippen LogP contribution >= 0.6 is 35.0 Å². The zero-order chi connectivity index (χ0) is 21.8. The van der Waals surface area contributed by atoms with Crippen LogP contribution in [0.1, 0.15) is 25.5 Å². The third-order valence-electron chi connectivity index (χ3n) is 4.56. The minimum absolute atomic E-state index is 0.182. The van der Waals surface area contributed by atoms with E-state index in [-0.39, 0.29) is 18.2 Å². The number of hydrogen-bond donors (Lipinski definition) is 1. The lowest BCUT2D eigenvalue weighted by Crippen LogP contribution is -2.43. The van der Waals surface area contributed by atoms with Crippen LogP contribution in [-0.2, 0) is 19.1 Å². The minimum atomic E-state index is -1.03. The van der Waals surface area contributed by atoms with Gasteiger partial charge >= 0.3 is 5.97 Å². The molecule has 1 aliphatic rings. The van der Waals surface area contributed by atoms with Crippen LogP contribution < -0.4 is 10.2 Å². The number of halogens is 2. The van der Waals surface area contributed by atoms with Gasteiger partial charge in [-0.05, 0) is 43.7 Å². The van der Waals surface area contributed by atoms with E-state index in [1.54, 1.807) is 37.3 Å². The van der Waals surface area contributed by atoms with E-state index in [0.29, 0.717) is 21.3 Å². The molecule has 0 fully saturated rings. The second kappa shape index (κ2) is 9.73. The number of hydrogen-bond acceptors (Lipinski definition) is 5. The summed E-state index contributed by atoms with van der Waals surface area (Å²) in [4.78, 5) is 39.4. The highest BCUT2D eigenvalue weighted by molar-refractivity contribution is 8.00. The lowest BCUT2D eigenvalue weighted by molar-refractivity contribution is -0.154. The third kappa shape index (κ3) is 5.28. The van der Waals surface area contributed by atoms with Crippen molar-refractivity contribution < 1.29 is 19.1 Å². The van der Waals surface area contributed by atoms with Crippen molar-refractivity contribution in [3.63, 3.8) is 0 Å². The summed E-state index contributed by atoms with van der Waals surface area (Å²) < 4.78 is 5.26. The SMILES string of the molecule is CC(OC(=O)CN1C(=O)CSc2ccccc21)C(=O)NC(C)c1ccc(Cl)cc1Cl. The van der Waals surface area contributed by atoms with Gasteiger partial charge in [-0.1, -0.05) is 41.4 Å². The molecule has 1 heterocycles. The number of nitrogens with zero attached hydrogens (tertiary/aromatic N) is 1. The Morgan fingerprint density at radius 3 is 2.67 bits per heavy atom. The summed E-state index contributed by atoms with van der Waals surface area (Å²) in [7, 11) is 0. The number of anilines is 1. The van der Waals surface area contributed by atoms with Gasteiger partial charge in [-0.25, -0.2) is 0 Å². The maximum atomic E-state index is 12.5. The molecular weight excluding hydrogens is 447 g/mol. The molecule has 1 aliphatic heterocycles. The molecule has 2 unspecified atom stereocenters. The Labute approximate surface area is 188 Å². The number of benzene rings is 2. The summed E-state index contributed by atoms with van der Waals surface area (Å²) in [6.07, 6.45) is -1.03. The lowest BCUT2D eigenvalue weighted by atomic mass is 10.1. The highest BCUT2D eigenvalue weighted by Gasteiger charge is 2.28. The molecule has 2 aromatic rings. The fourth-order valence-corrected chi connectivity index (χ4v) is 4.51. The fourth-order valence-electron chi connectivity index (χ4n) is 3.01. The molecule has 0 aromatic heterocycles. The number of thioether (sulfide) groups is 1. The lowest BCUT2D eigenvalue weighted by Gasteiger charge is -2.28. The van der Waals surface area contributed by atoms with Crippen LogP contribution in [0.4, 0.5) is 5.69 Å². The molecule has 2 amide bonds. The van der Waals surface area contributed by atoms with Gasteiger partial charge in [0.15, 0.2) is 6.10 Å². The van der Waals surface area contributed by atoms with Gasteiger partial charge in [0.05, 0.1) is 17.5 Å². The van der Waals surface area contributed by atoms with Crippen molar-refractivity contribution in [2.24, 2.45) is 0 Å². The van der Waals surface area contributed by atoms with E-state index < -0.39 is 24.0 Å². The van der Waals surface area contributed by atoms with E-state index in [4.69, 9.17) is 27.9 Å². The number of carbonyl (C=O) groups excluding carboxylic acids is 3. The molecule has 0 radical (unpaired) electrons. The highest BCUT2D eigenvalue weighted by atomic mass is 35.5. The summed E-state index contributed by atoms with van der Waals surface area (Å²) in [5, 5.41) is 3.69. The van der Waals surface area contributed by atoms with Gasteiger partial charge in [-0.2, -0.15) is 0 Å². The maximum Gasteiger partial charge on any atom is 0.326 e. The summed E-state index contributed by atoms with van der Waals surface area (Å²) >= 11 is 13.5. The Morgan fingerprint density at radius 2 is 1.93 bits per heavy atom. The Balaban J connectivity index is 1.59. The van der Waals surface area contributed by atoms with Crippen molar-refractivity contribution in [1.82, 2.24) is 5.32 Å². The first kappa shape index (κ1) is 22.5. The Morgan fingerprint density at radius 1 is 1.20 bits per heavy atom. The quantitative estimate of drug-likeness (QED) is 0.644. The largest absolute Gasteiger partial charge is 0.451 e. The molecule has 3 rings (SSSR count). The molecule has 6 nitrogen and oxygen atoms in total. The van der Waals surface area contributed by atoms with Gasteiger partial charge < -0.3 is 10.1 Å². The summed E-state index contributed by atoms with van der Waals surface area (Å²) in [6.45, 7) is 2.99. The summed E-state index contributed by atoms with van der Waals surface area (Å²) in [6, 6.07) is 11.9. The second-order valence-electron chi connectivity index (χ2n) is 6.76. The number of rotatable bonds is 6. The topological polar surface area (TPSA) is 75.7 Å². The monoisotopic (exact) mass is 466 g/mol. The van der Waals surface area contributed by atoms with E-state index in [1.165, 1.54) is 23.6 Å². The Bertz CT molecular complexity index is 985. The summed E-state index contributed by atoms with van der Waals surface area (Å²) in [5.41, 5.74) is 1.36. The number of fused-ring (bicyclic) bond motifs is 1. The zero-order valence-corrected chi connectivity index (χ0v) is 18.7. The normalized spacial score (nSPS) is 15.2. The van der Waals surface area contributed by atoms with E-state index in [2.05, 4.69) is 5.32 Å². The number of esters is 1. The van der Waals surface area contributed by atoms with Crippen LogP contribution in [0.25, 0.3) is 0 Å². The molecule has 1 N–H and O–H groups in total. The maximum absolute atomic E-state index is 12.5. The van der Waals surface area contributed by atoms with E-state index in [0.717, 1.165) is 4.90 Å². The van der Waals surface area contributed by atoms with Gasteiger partial charge in [-0.3, -0.25) is 19.3 Å². The number of amides is 2. The van der Waals surface area contributed by atoms with Gasteiger partial charge in [-0.15, -0.1) is 11.8 Å². The van der Waals surface area contributed by atoms with E-state index in [9.17, 15) is 14.4 Å². The molecule has 0 spiro atoms. The van der Waals surface area contributed by atoms with Gasteiger partial charge in [0, 0.05) is 14.9 Å². The van der Waals surface area contributed by atoms with Gasteiger partial charge in [0.25, 0.3) is 5.91 Å². The molecule has 158 valence electrons. The van der Waals surface area contributed by atoms with Crippen molar-refractivity contribution in [1.29, 1.82) is 0 Å². The predicted octanol–water partition coefficient (Wildman–Crippen LogP) is 4.24. The molecule has 2 atom stereocenters. The minimum Gasteiger partial charge on any atom is -0.451 e. The van der Waals surface area contributed by atoms with Crippen molar-refractivity contribution in [2.45, 2.75) is 30.9 Å². The van der Waals surface area contributed by atoms with Crippen LogP contribution in [0.2, 0.25) is 10.0 Å². The number of nitrogens with one attached hydrogen (secondary N) is 1. The molecular formula is C21H20Cl2N2O4S. The smallest absolute Gasteiger partial charge is 0.326 e. The molecule has 2 aromatic carbocycles. The van der Waals surface area contributed by atoms with Crippen molar-refractivity contribution in [3.8, 4) is 0 Å². The Kier molecular flexibility index (Phi) is 7.28. The molecule has 0 aliphatic carbocycles. The fraction of sp³-hybridized carbons (Fsp3) is 0.286. The molecule has 30 heavy (non-hydrogen) atoms. The number of carbonyl (C=O) groups is 3. The first-order chi connectivity index (χ1) is 14.3. The average Bonchev–Trinajstić information content (AvgIpc) is 2.70. The first-order valence-corrected chi connectivity index (χ1v) is 11.0. The van der Waals surface area contributed by atoms with Crippen LogP contribution in [0, 0.1) is 0 Å². The van der Waals surface area contributed by atoms with Crippen LogP contribution in [-0.4, -0.2) is 36.2 Å². The van der Waals surface area contributed by atoms with Crippen molar-refractivity contribution in [2.75, 3.05) is 17.2 Å². The Hall–Kier alpha value is -2.22. The van der Waals surface area contributed by atoms with Crippen molar-refractivity contribution >= 4 is 58.4 Å². The zero-order valence-electron chi connectivity index (χ0n) is 16.4. The molecule has 0 bridgehead atoms. The van der Waals surface area contributed by atoms with E-state index >= 15 is 0 Å². The summed E-state index contributed by atoms with van der Waals surface area (Å²) in [5.74, 6) is -1.06. The molecule has 9 heteroatoms. The van der Waals surface area contributed by atoms with Crippen molar-refractivity contribution in [3.05, 3.63) is 58.1 Å². The van der Waals surface area contributed by atoms with Crippen LogP contribution in [0.15, 0.2) is 47.4 Å². The number of ether oxygens (including phenoxy) is 1. The molecule has 0 saturated carbocycles. The highest BCUT2D eigenvalue weighted by Crippen LogP contribution is 2.34. The molecule has 0 saturated heterocycles. The van der Waals surface area contributed by atoms with Gasteiger partial charge in [0.2, 0.25) is 5.91 Å². The standard InChI is InChI=1S/C21H20Cl2N2O4S/c1-12(15-8-7-14(22)9-16(15)23)24-21(28)13(2)29-20(27)10-25-17-5-3-4-6-18(17)30-11-19(25)26/h3-9,12-13H,10-11H2,1-2H3,(H,24,28). The van der Waals surface area contributed by atoms with Crippen LogP contribution in [0.5, 0.6) is 0 Å². The van der Waals surface area contributed by atoms with Crippen LogP contribution in [0.3, 0.4) is 0 Å². The second-order valence-corrected chi connectivity index (χ2v) is 8.63. The average molecular weight is 467 g/mol. The predicted molar refractivity (Wildman–Crippen MR) is 118 cm³/mol. The third-order valence-corrected chi connectivity index (χ3v) is 6.17. The number of para-hydroxylation sites is 1. The first-order valence-electron chi connectivity index (χ1n) is 9.23. The van der Waals surface area contributed by atoms with Gasteiger partial charge in [0.1, 0.15) is 6.54 Å². The van der Waals surface area contributed by atoms with E-state index in [1.807, 2.05) is 12.1 Å².